The van der Waals surface area contributed by atoms with E-state index >= 15 is 0 Å². The van der Waals surface area contributed by atoms with E-state index in [1.54, 1.807) is 0 Å². The number of hydrogen-bond donors (Lipinski definition) is 1. The smallest absolute Gasteiger partial charge is 0.135 e. The summed E-state index contributed by atoms with van der Waals surface area (Å²) in [5.74, 6) is 1.67. The Morgan fingerprint density at radius 1 is 1.15 bits per heavy atom. The van der Waals surface area contributed by atoms with Crippen molar-refractivity contribution in [3.63, 3.8) is 0 Å². The van der Waals surface area contributed by atoms with Crippen LogP contribution in [0.25, 0.3) is 0 Å². The fourth-order valence-corrected chi connectivity index (χ4v) is 4.39. The number of piperidine rings is 1. The quantitative estimate of drug-likeness (QED) is 0.894. The third-order valence-corrected chi connectivity index (χ3v) is 6.05. The highest BCUT2D eigenvalue weighted by Gasteiger charge is 2.43. The van der Waals surface area contributed by atoms with E-state index in [1.165, 1.54) is 24.0 Å². The minimum Gasteiger partial charge on any atom is -0.385 e. The largest absolute Gasteiger partial charge is 0.385 e. The molecule has 0 radical (unpaired) electrons. The van der Waals surface area contributed by atoms with Gasteiger partial charge in [0.25, 0.3) is 0 Å². The summed E-state index contributed by atoms with van der Waals surface area (Å²) in [6.07, 6.45) is 4.45. The molecule has 0 unspecified atom stereocenters. The summed E-state index contributed by atoms with van der Waals surface area (Å²) in [5, 5.41) is 8.19. The summed E-state index contributed by atoms with van der Waals surface area (Å²) >= 11 is 0. The van der Waals surface area contributed by atoms with Crippen LogP contribution in [0.1, 0.15) is 30.4 Å². The number of methoxy groups -OCH3 is 1. The molecule has 3 aliphatic heterocycles. The fraction of sp³-hybridized carbons (Fsp3) is 0.600. The molecule has 4 rings (SSSR count). The Kier molecular flexibility index (Phi) is 4.96. The van der Waals surface area contributed by atoms with Crippen molar-refractivity contribution < 1.29 is 4.74 Å². The number of rotatable bonds is 4. The summed E-state index contributed by atoms with van der Waals surface area (Å²) in [4.78, 5) is 5.01. The van der Waals surface area contributed by atoms with Gasteiger partial charge in [-0.1, -0.05) is 29.8 Å². The van der Waals surface area contributed by atoms with E-state index < -0.39 is 0 Å². The summed E-state index contributed by atoms with van der Waals surface area (Å²) in [6, 6.07) is 10.0. The number of nitrogens with two attached hydrogens (primary N) is 1. The van der Waals surface area contributed by atoms with Crippen LogP contribution in [0.2, 0.25) is 0 Å². The predicted molar refractivity (Wildman–Crippen MR) is 104 cm³/mol. The second-order valence-electron chi connectivity index (χ2n) is 7.73. The van der Waals surface area contributed by atoms with E-state index in [0.717, 1.165) is 31.9 Å². The van der Waals surface area contributed by atoms with Gasteiger partial charge < -0.3 is 15.4 Å². The number of benzene rings is 1. The van der Waals surface area contributed by atoms with Crippen molar-refractivity contribution in [1.82, 2.24) is 9.80 Å². The van der Waals surface area contributed by atoms with Gasteiger partial charge in [-0.15, -0.1) is 10.2 Å². The molecule has 26 heavy (non-hydrogen) atoms. The van der Waals surface area contributed by atoms with Crippen molar-refractivity contribution >= 4 is 11.7 Å². The van der Waals surface area contributed by atoms with Gasteiger partial charge in [-0.3, -0.25) is 4.90 Å². The second-order valence-corrected chi connectivity index (χ2v) is 7.73. The van der Waals surface area contributed by atoms with Crippen molar-refractivity contribution in [3.8, 4) is 0 Å². The van der Waals surface area contributed by atoms with E-state index in [9.17, 15) is 0 Å². The van der Waals surface area contributed by atoms with Crippen molar-refractivity contribution in [2.24, 2.45) is 15.9 Å². The number of likely N-dealkylation sites (tertiary alicyclic amines) is 2. The van der Waals surface area contributed by atoms with Crippen LogP contribution in [-0.2, 0) is 11.2 Å². The van der Waals surface area contributed by atoms with Gasteiger partial charge in [0, 0.05) is 38.8 Å². The van der Waals surface area contributed by atoms with Gasteiger partial charge >= 0.3 is 0 Å². The summed E-state index contributed by atoms with van der Waals surface area (Å²) in [6.45, 7) is 5.27. The van der Waals surface area contributed by atoms with Crippen LogP contribution in [0.3, 0.4) is 0 Å². The van der Waals surface area contributed by atoms with E-state index in [4.69, 9.17) is 10.5 Å². The van der Waals surface area contributed by atoms with Crippen molar-refractivity contribution in [2.45, 2.75) is 50.8 Å². The predicted octanol–water partition coefficient (Wildman–Crippen LogP) is 1.78. The minimum absolute atomic E-state index is 0.349. The highest BCUT2D eigenvalue weighted by Crippen LogP contribution is 2.31. The van der Waals surface area contributed by atoms with Crippen LogP contribution >= 0.6 is 0 Å². The molecule has 2 N–H and O–H groups in total. The SMILES string of the molecule is CO[C@H]1CN(C2CCN(C3=NN=C(N)C3)CC2)[C@H]1Cc1ccc(C)cc1. The molecule has 2 fully saturated rings. The lowest BCUT2D eigenvalue weighted by atomic mass is 9.87. The van der Waals surface area contributed by atoms with Crippen LogP contribution < -0.4 is 5.73 Å². The number of amidine groups is 2. The number of ether oxygens (including phenoxy) is 1. The minimum atomic E-state index is 0.349. The standard InChI is InChI=1S/C20H29N5O/c1-14-3-5-15(6-4-14)11-17-18(26-2)13-25(17)16-7-9-24(10-8-16)20-12-19(21)22-23-20/h3-6,16-18H,7-13H2,1-2H3,(H2,21,22)/t17-,18-/m0/s1. The lowest BCUT2D eigenvalue weighted by Gasteiger charge is -2.53. The maximum atomic E-state index is 5.76. The fourth-order valence-electron chi connectivity index (χ4n) is 4.39. The first-order chi connectivity index (χ1) is 12.6. The van der Waals surface area contributed by atoms with E-state index in [1.807, 2.05) is 7.11 Å². The molecule has 1 aromatic carbocycles. The molecular weight excluding hydrogens is 326 g/mol. The topological polar surface area (TPSA) is 66.5 Å². The van der Waals surface area contributed by atoms with Crippen LogP contribution in [0.4, 0.5) is 0 Å². The third-order valence-electron chi connectivity index (χ3n) is 6.05. The molecule has 3 heterocycles. The van der Waals surface area contributed by atoms with E-state index in [-0.39, 0.29) is 0 Å². The Labute approximate surface area is 155 Å². The highest BCUT2D eigenvalue weighted by atomic mass is 16.5. The second kappa shape index (κ2) is 7.37. The number of aryl methyl sites for hydroxylation is 1. The Hall–Kier alpha value is -1.92. The van der Waals surface area contributed by atoms with Crippen molar-refractivity contribution in [2.75, 3.05) is 26.7 Å². The van der Waals surface area contributed by atoms with Crippen LogP contribution in [0.15, 0.2) is 34.5 Å². The molecule has 0 spiro atoms. The van der Waals surface area contributed by atoms with Gasteiger partial charge in [-0.2, -0.15) is 0 Å². The van der Waals surface area contributed by atoms with Crippen molar-refractivity contribution in [1.29, 1.82) is 0 Å². The molecular formula is C20H29N5O. The normalized spacial score (nSPS) is 27.2. The molecule has 3 aliphatic rings. The van der Waals surface area contributed by atoms with E-state index in [0.29, 0.717) is 30.4 Å². The molecule has 6 heteroatoms. The zero-order valence-electron chi connectivity index (χ0n) is 15.8. The summed E-state index contributed by atoms with van der Waals surface area (Å²) in [7, 11) is 1.84. The molecule has 2 atom stereocenters. The van der Waals surface area contributed by atoms with Gasteiger partial charge in [0.1, 0.15) is 11.7 Å². The summed E-state index contributed by atoms with van der Waals surface area (Å²) in [5.41, 5.74) is 8.47. The lowest BCUT2D eigenvalue weighted by molar-refractivity contribution is -0.111. The lowest BCUT2D eigenvalue weighted by Crippen LogP contribution is -2.66. The van der Waals surface area contributed by atoms with Gasteiger partial charge in [-0.05, 0) is 31.7 Å². The molecule has 0 amide bonds. The van der Waals surface area contributed by atoms with Gasteiger partial charge in [0.15, 0.2) is 0 Å². The summed E-state index contributed by atoms with van der Waals surface area (Å²) < 4.78 is 5.73. The number of hydrogen-bond acceptors (Lipinski definition) is 6. The van der Waals surface area contributed by atoms with E-state index in [2.05, 4.69) is 51.2 Å². The van der Waals surface area contributed by atoms with Crippen LogP contribution in [-0.4, -0.2) is 66.4 Å². The zero-order valence-corrected chi connectivity index (χ0v) is 15.8. The van der Waals surface area contributed by atoms with Crippen LogP contribution in [0.5, 0.6) is 0 Å². The molecule has 0 aromatic heterocycles. The number of nitrogens with zero attached hydrogens (tertiary/aromatic N) is 4. The molecule has 0 aliphatic carbocycles. The molecule has 140 valence electrons. The monoisotopic (exact) mass is 355 g/mol. The van der Waals surface area contributed by atoms with Gasteiger partial charge in [-0.25, -0.2) is 0 Å². The zero-order chi connectivity index (χ0) is 18.1. The Balaban J connectivity index is 1.34. The third kappa shape index (κ3) is 3.48. The Morgan fingerprint density at radius 2 is 1.88 bits per heavy atom. The molecule has 1 aromatic rings. The average molecular weight is 355 g/mol. The van der Waals surface area contributed by atoms with Crippen molar-refractivity contribution in [3.05, 3.63) is 35.4 Å². The van der Waals surface area contributed by atoms with Gasteiger partial charge in [0.2, 0.25) is 0 Å². The molecule has 2 saturated heterocycles. The molecule has 6 nitrogen and oxygen atoms in total. The average Bonchev–Trinajstić information content (AvgIpc) is 3.08. The first-order valence-corrected chi connectivity index (χ1v) is 9.62. The first-order valence-electron chi connectivity index (χ1n) is 9.62. The maximum absolute atomic E-state index is 5.76. The first kappa shape index (κ1) is 17.5. The molecule has 0 saturated carbocycles. The Morgan fingerprint density at radius 3 is 2.50 bits per heavy atom. The Bertz CT molecular complexity index is 691. The van der Waals surface area contributed by atoms with Crippen LogP contribution in [0, 0.1) is 6.92 Å². The maximum Gasteiger partial charge on any atom is 0.135 e. The van der Waals surface area contributed by atoms with Gasteiger partial charge in [0.05, 0.1) is 12.5 Å². The highest BCUT2D eigenvalue weighted by molar-refractivity contribution is 6.04. The molecule has 0 bridgehead atoms.